The minimum absolute atomic E-state index is 0.0308. The van der Waals surface area contributed by atoms with E-state index in [1.807, 2.05) is 41.4 Å². The minimum atomic E-state index is -0.233. The number of nitrogens with one attached hydrogen (secondary N) is 1. The number of piperidine rings is 1. The molecule has 26 heavy (non-hydrogen) atoms. The second-order valence-corrected chi connectivity index (χ2v) is 6.61. The molecule has 1 aromatic carbocycles. The Labute approximate surface area is 150 Å². The number of benzene rings is 1. The van der Waals surface area contributed by atoms with Crippen molar-refractivity contribution in [3.8, 4) is 0 Å². The molecule has 1 unspecified atom stereocenters. The van der Waals surface area contributed by atoms with Gasteiger partial charge in [0, 0.05) is 24.3 Å². The van der Waals surface area contributed by atoms with Crippen molar-refractivity contribution in [3.63, 3.8) is 0 Å². The van der Waals surface area contributed by atoms with Crippen LogP contribution in [-0.4, -0.2) is 32.5 Å². The van der Waals surface area contributed by atoms with Gasteiger partial charge in [0.15, 0.2) is 0 Å². The first kappa shape index (κ1) is 16.4. The SMILES string of the molecule is O=C(Cc1n[nH]c(=O)c2ccccc12)N1CCCCC1c1cccnc1. The van der Waals surface area contributed by atoms with Gasteiger partial charge in [0.2, 0.25) is 5.91 Å². The van der Waals surface area contributed by atoms with Crippen LogP contribution in [0.5, 0.6) is 0 Å². The van der Waals surface area contributed by atoms with E-state index in [0.29, 0.717) is 11.1 Å². The van der Waals surface area contributed by atoms with Gasteiger partial charge in [0.1, 0.15) is 0 Å². The van der Waals surface area contributed by atoms with Crippen LogP contribution in [0.25, 0.3) is 10.8 Å². The first-order valence-electron chi connectivity index (χ1n) is 8.90. The molecular formula is C20H20N4O2. The van der Waals surface area contributed by atoms with Gasteiger partial charge in [-0.2, -0.15) is 5.10 Å². The summed E-state index contributed by atoms with van der Waals surface area (Å²) in [7, 11) is 0. The van der Waals surface area contributed by atoms with E-state index in [0.717, 1.165) is 36.8 Å². The summed E-state index contributed by atoms with van der Waals surface area (Å²) in [4.78, 5) is 31.1. The van der Waals surface area contributed by atoms with Gasteiger partial charge in [-0.05, 0) is 37.0 Å². The third-order valence-electron chi connectivity index (χ3n) is 4.99. The summed E-state index contributed by atoms with van der Waals surface area (Å²) in [6, 6.07) is 11.3. The van der Waals surface area contributed by atoms with Crippen LogP contribution >= 0.6 is 0 Å². The molecule has 1 aliphatic rings. The summed E-state index contributed by atoms with van der Waals surface area (Å²) in [6.07, 6.45) is 6.80. The zero-order valence-corrected chi connectivity index (χ0v) is 14.4. The summed E-state index contributed by atoms with van der Waals surface area (Å²) in [5, 5.41) is 7.95. The van der Waals surface area contributed by atoms with Crippen molar-refractivity contribution >= 4 is 16.7 Å². The van der Waals surface area contributed by atoms with Crippen molar-refractivity contribution in [2.45, 2.75) is 31.7 Å². The second-order valence-electron chi connectivity index (χ2n) is 6.61. The van der Waals surface area contributed by atoms with Gasteiger partial charge < -0.3 is 4.90 Å². The Balaban J connectivity index is 1.63. The van der Waals surface area contributed by atoms with Crippen LogP contribution in [0.3, 0.4) is 0 Å². The van der Waals surface area contributed by atoms with E-state index in [9.17, 15) is 9.59 Å². The van der Waals surface area contributed by atoms with Crippen molar-refractivity contribution in [3.05, 3.63) is 70.4 Å². The second kappa shape index (κ2) is 7.07. The largest absolute Gasteiger partial charge is 0.335 e. The fourth-order valence-electron chi connectivity index (χ4n) is 3.70. The molecule has 1 amide bonds. The molecule has 1 saturated heterocycles. The van der Waals surface area contributed by atoms with Gasteiger partial charge in [-0.15, -0.1) is 0 Å². The predicted octanol–water partition coefficient (Wildman–Crippen LogP) is 2.61. The number of fused-ring (bicyclic) bond motifs is 1. The molecule has 0 bridgehead atoms. The topological polar surface area (TPSA) is 79.0 Å². The molecule has 6 nitrogen and oxygen atoms in total. The average Bonchev–Trinajstić information content (AvgIpc) is 2.71. The highest BCUT2D eigenvalue weighted by atomic mass is 16.2. The third kappa shape index (κ3) is 3.10. The molecular weight excluding hydrogens is 328 g/mol. The first-order chi connectivity index (χ1) is 12.7. The van der Waals surface area contributed by atoms with E-state index in [4.69, 9.17) is 0 Å². The van der Waals surface area contributed by atoms with Gasteiger partial charge in [-0.1, -0.05) is 24.3 Å². The van der Waals surface area contributed by atoms with Crippen molar-refractivity contribution in [2.24, 2.45) is 0 Å². The maximum Gasteiger partial charge on any atom is 0.272 e. The number of likely N-dealkylation sites (tertiary alicyclic amines) is 1. The normalized spacial score (nSPS) is 17.4. The van der Waals surface area contributed by atoms with E-state index in [-0.39, 0.29) is 23.9 Å². The Bertz CT molecular complexity index is 984. The standard InChI is InChI=1S/C20H20N4O2/c25-19(12-17-15-7-1-2-8-16(15)20(26)23-22-17)24-11-4-3-9-18(24)14-6-5-10-21-13-14/h1-2,5-8,10,13,18H,3-4,9,11-12H2,(H,23,26). The molecule has 1 atom stereocenters. The number of H-pyrrole nitrogens is 1. The summed E-state index contributed by atoms with van der Waals surface area (Å²) in [5.74, 6) is 0.0308. The number of carbonyl (C=O) groups is 1. The average molecular weight is 348 g/mol. The molecule has 1 N–H and O–H groups in total. The van der Waals surface area contributed by atoms with Gasteiger partial charge >= 0.3 is 0 Å². The van der Waals surface area contributed by atoms with Crippen LogP contribution in [-0.2, 0) is 11.2 Å². The van der Waals surface area contributed by atoms with E-state index < -0.39 is 0 Å². The highest BCUT2D eigenvalue weighted by molar-refractivity contribution is 5.88. The van der Waals surface area contributed by atoms with Crippen molar-refractivity contribution < 1.29 is 4.79 Å². The predicted molar refractivity (Wildman–Crippen MR) is 98.6 cm³/mol. The lowest BCUT2D eigenvalue weighted by atomic mass is 9.95. The van der Waals surface area contributed by atoms with Crippen molar-refractivity contribution in [2.75, 3.05) is 6.54 Å². The number of aromatic nitrogens is 3. The lowest BCUT2D eigenvalue weighted by molar-refractivity contribution is -0.134. The summed E-state index contributed by atoms with van der Waals surface area (Å²) in [6.45, 7) is 0.736. The number of aromatic amines is 1. The highest BCUT2D eigenvalue weighted by Gasteiger charge is 2.28. The van der Waals surface area contributed by atoms with E-state index in [2.05, 4.69) is 15.2 Å². The lowest BCUT2D eigenvalue weighted by Crippen LogP contribution is -2.39. The number of amides is 1. The van der Waals surface area contributed by atoms with Crippen LogP contribution in [0.4, 0.5) is 0 Å². The number of nitrogens with zero attached hydrogens (tertiary/aromatic N) is 3. The van der Waals surface area contributed by atoms with Gasteiger partial charge in [-0.3, -0.25) is 14.6 Å². The molecule has 0 saturated carbocycles. The first-order valence-corrected chi connectivity index (χ1v) is 8.90. The van der Waals surface area contributed by atoms with E-state index in [1.165, 1.54) is 0 Å². The molecule has 1 fully saturated rings. The molecule has 1 aliphatic heterocycles. The molecule has 0 aliphatic carbocycles. The van der Waals surface area contributed by atoms with Crippen LogP contribution in [0, 0.1) is 0 Å². The van der Waals surface area contributed by atoms with E-state index in [1.54, 1.807) is 12.3 Å². The quantitative estimate of drug-likeness (QED) is 0.789. The number of pyridine rings is 1. The zero-order chi connectivity index (χ0) is 17.9. The fraction of sp³-hybridized carbons (Fsp3) is 0.300. The number of hydrogen-bond donors (Lipinski definition) is 1. The van der Waals surface area contributed by atoms with Crippen LogP contribution in [0.15, 0.2) is 53.6 Å². The van der Waals surface area contributed by atoms with Crippen LogP contribution in [0.2, 0.25) is 0 Å². The van der Waals surface area contributed by atoms with Gasteiger partial charge in [-0.25, -0.2) is 5.10 Å². The molecule has 4 rings (SSSR count). The molecule has 0 spiro atoms. The van der Waals surface area contributed by atoms with Gasteiger partial charge in [0.05, 0.1) is 23.5 Å². The molecule has 132 valence electrons. The van der Waals surface area contributed by atoms with Crippen LogP contribution in [0.1, 0.15) is 36.6 Å². The maximum atomic E-state index is 13.1. The van der Waals surface area contributed by atoms with Crippen molar-refractivity contribution in [1.29, 1.82) is 0 Å². The summed E-state index contributed by atoms with van der Waals surface area (Å²) in [5.41, 5.74) is 1.45. The summed E-state index contributed by atoms with van der Waals surface area (Å²) < 4.78 is 0. The number of hydrogen-bond acceptors (Lipinski definition) is 4. The number of rotatable bonds is 3. The Hall–Kier alpha value is -3.02. The Morgan fingerprint density at radius 1 is 1.15 bits per heavy atom. The third-order valence-corrected chi connectivity index (χ3v) is 4.99. The summed E-state index contributed by atoms with van der Waals surface area (Å²) >= 11 is 0. The Morgan fingerprint density at radius 3 is 2.81 bits per heavy atom. The number of carbonyl (C=O) groups excluding carboxylic acids is 1. The van der Waals surface area contributed by atoms with E-state index >= 15 is 0 Å². The molecule has 6 heteroatoms. The molecule has 2 aromatic heterocycles. The highest BCUT2D eigenvalue weighted by Crippen LogP contribution is 2.31. The van der Waals surface area contributed by atoms with Crippen molar-refractivity contribution in [1.82, 2.24) is 20.1 Å². The Kier molecular flexibility index (Phi) is 4.48. The Morgan fingerprint density at radius 2 is 2.00 bits per heavy atom. The van der Waals surface area contributed by atoms with Crippen LogP contribution < -0.4 is 5.56 Å². The smallest absolute Gasteiger partial charge is 0.272 e. The zero-order valence-electron chi connectivity index (χ0n) is 14.4. The maximum absolute atomic E-state index is 13.1. The minimum Gasteiger partial charge on any atom is -0.335 e. The molecule has 3 heterocycles. The molecule has 3 aromatic rings. The van der Waals surface area contributed by atoms with Gasteiger partial charge in [0.25, 0.3) is 5.56 Å². The fourth-order valence-corrected chi connectivity index (χ4v) is 3.70. The lowest BCUT2D eigenvalue weighted by Gasteiger charge is -2.36. The molecule has 0 radical (unpaired) electrons. The monoisotopic (exact) mass is 348 g/mol.